The maximum absolute atomic E-state index is 2.60. The van der Waals surface area contributed by atoms with Crippen molar-refractivity contribution in [3.63, 3.8) is 0 Å². The zero-order valence-electron chi connectivity index (χ0n) is 37.7. The average Bonchev–Trinajstić information content (AvgIpc) is 3.93. The molecule has 0 N–H and O–H groups in total. The quantitative estimate of drug-likeness (QED) is 0.143. The first-order valence-electron chi connectivity index (χ1n) is 23.5. The lowest BCUT2D eigenvalue weighted by Gasteiger charge is -2.50. The third kappa shape index (κ3) is 5.10. The Labute approximate surface area is 374 Å². The fourth-order valence-electron chi connectivity index (χ4n) is 14.1. The van der Waals surface area contributed by atoms with Gasteiger partial charge in [-0.25, -0.2) is 0 Å². The van der Waals surface area contributed by atoms with E-state index in [0.717, 1.165) is 32.1 Å². The van der Waals surface area contributed by atoms with Crippen LogP contribution >= 0.6 is 0 Å². The second-order valence-electron chi connectivity index (χ2n) is 19.9. The summed E-state index contributed by atoms with van der Waals surface area (Å²) in [4.78, 5) is 0. The highest BCUT2D eigenvalue weighted by Crippen LogP contribution is 2.69. The lowest BCUT2D eigenvalue weighted by Crippen LogP contribution is -2.46. The summed E-state index contributed by atoms with van der Waals surface area (Å²) in [7, 11) is 0. The maximum Gasteiger partial charge on any atom is 0.0238 e. The molecule has 0 radical (unpaired) electrons. The predicted octanol–water partition coefficient (Wildman–Crippen LogP) is 16.1. The number of rotatable bonds is 8. The minimum Gasteiger partial charge on any atom is -0.0642 e. The smallest absolute Gasteiger partial charge is 0.0238 e. The third-order valence-corrected chi connectivity index (χ3v) is 16.7. The van der Waals surface area contributed by atoms with E-state index in [1.165, 1.54) is 111 Å². The second kappa shape index (κ2) is 13.6. The van der Waals surface area contributed by atoms with Crippen LogP contribution in [0.3, 0.4) is 0 Å². The van der Waals surface area contributed by atoms with E-state index in [0.29, 0.717) is 0 Å². The van der Waals surface area contributed by atoms with Crippen molar-refractivity contribution in [1.82, 2.24) is 0 Å². The first-order valence-corrected chi connectivity index (χ1v) is 23.5. The van der Waals surface area contributed by atoms with Crippen molar-refractivity contribution in [3.8, 4) is 44.5 Å². The Morgan fingerprint density at radius 3 is 0.794 bits per heavy atom. The molecule has 0 aliphatic heterocycles. The summed E-state index contributed by atoms with van der Waals surface area (Å²) in [6.07, 6.45) is 4.95. The molecule has 308 valence electrons. The van der Waals surface area contributed by atoms with Gasteiger partial charge in [0.1, 0.15) is 0 Å². The van der Waals surface area contributed by atoms with E-state index < -0.39 is 0 Å². The van der Waals surface area contributed by atoms with Crippen molar-refractivity contribution in [2.75, 3.05) is 0 Å². The SMILES string of the molecule is CCC1(CC2(CC3(CC4(CC)c5ccccc5-c5ccccc54)c4cc(C)ccc4-c4ccc(C)cc43)c3ccccc3-c3ccccc32)c2cc(C)ccc2-c2ccc(C)cc21. The van der Waals surface area contributed by atoms with Crippen LogP contribution in [0.4, 0.5) is 0 Å². The van der Waals surface area contributed by atoms with Gasteiger partial charge < -0.3 is 0 Å². The topological polar surface area (TPSA) is 0 Å². The number of aryl methyl sites for hydroxylation is 4. The van der Waals surface area contributed by atoms with Crippen LogP contribution in [-0.2, 0) is 21.7 Å². The molecular formula is C63H56. The van der Waals surface area contributed by atoms with Gasteiger partial charge in [0.25, 0.3) is 0 Å². The lowest BCUT2D eigenvalue weighted by atomic mass is 9.52. The summed E-state index contributed by atoms with van der Waals surface area (Å²) < 4.78 is 0. The largest absolute Gasteiger partial charge is 0.0642 e. The molecule has 0 atom stereocenters. The molecular weight excluding hydrogens is 757 g/mol. The molecule has 0 spiro atoms. The van der Waals surface area contributed by atoms with Crippen molar-refractivity contribution < 1.29 is 0 Å². The molecule has 4 aliphatic carbocycles. The van der Waals surface area contributed by atoms with Gasteiger partial charge in [-0.2, -0.15) is 0 Å². The van der Waals surface area contributed by atoms with E-state index in [-0.39, 0.29) is 21.7 Å². The Hall–Kier alpha value is -6.24. The molecule has 0 bridgehead atoms. The van der Waals surface area contributed by atoms with Crippen molar-refractivity contribution in [1.29, 1.82) is 0 Å². The second-order valence-corrected chi connectivity index (χ2v) is 19.9. The van der Waals surface area contributed by atoms with Gasteiger partial charge in [0.2, 0.25) is 0 Å². The molecule has 0 heterocycles. The van der Waals surface area contributed by atoms with Crippen molar-refractivity contribution in [2.24, 2.45) is 0 Å². The molecule has 63 heavy (non-hydrogen) atoms. The van der Waals surface area contributed by atoms with Gasteiger partial charge >= 0.3 is 0 Å². The molecule has 8 aromatic carbocycles. The van der Waals surface area contributed by atoms with Crippen LogP contribution < -0.4 is 0 Å². The molecule has 0 saturated heterocycles. The highest BCUT2D eigenvalue weighted by Gasteiger charge is 2.60. The third-order valence-electron chi connectivity index (χ3n) is 16.7. The lowest BCUT2D eigenvalue weighted by molar-refractivity contribution is 0.247. The monoisotopic (exact) mass is 812 g/mol. The van der Waals surface area contributed by atoms with Gasteiger partial charge in [0, 0.05) is 21.7 Å². The van der Waals surface area contributed by atoms with Crippen LogP contribution in [0.25, 0.3) is 44.5 Å². The van der Waals surface area contributed by atoms with Crippen molar-refractivity contribution in [2.45, 2.75) is 95.3 Å². The van der Waals surface area contributed by atoms with E-state index in [1.807, 2.05) is 0 Å². The predicted molar refractivity (Wildman–Crippen MR) is 264 cm³/mol. The zero-order chi connectivity index (χ0) is 42.9. The van der Waals surface area contributed by atoms with Gasteiger partial charge in [0.05, 0.1) is 0 Å². The van der Waals surface area contributed by atoms with Gasteiger partial charge in [-0.1, -0.05) is 206 Å². The average molecular weight is 813 g/mol. The van der Waals surface area contributed by atoms with Crippen LogP contribution in [0.15, 0.2) is 170 Å². The highest BCUT2D eigenvalue weighted by molar-refractivity contribution is 5.88. The summed E-state index contributed by atoms with van der Waals surface area (Å²) in [6.45, 7) is 14.2. The Morgan fingerprint density at radius 2 is 0.476 bits per heavy atom. The maximum atomic E-state index is 2.60. The first kappa shape index (κ1) is 38.4. The highest BCUT2D eigenvalue weighted by atomic mass is 14.6. The summed E-state index contributed by atoms with van der Waals surface area (Å²) >= 11 is 0. The van der Waals surface area contributed by atoms with Crippen LogP contribution in [-0.4, -0.2) is 0 Å². The minimum absolute atomic E-state index is 0.207. The van der Waals surface area contributed by atoms with Crippen LogP contribution in [0, 0.1) is 27.7 Å². The summed E-state index contributed by atoms with van der Waals surface area (Å²) in [5, 5.41) is 0. The molecule has 0 unspecified atom stereocenters. The van der Waals surface area contributed by atoms with E-state index in [4.69, 9.17) is 0 Å². The summed E-state index contributed by atoms with van der Waals surface area (Å²) in [5.74, 6) is 0. The molecule has 0 heteroatoms. The fraction of sp³-hybridized carbons (Fsp3) is 0.238. The molecule has 0 saturated carbocycles. The Balaban J connectivity index is 1.21. The number of hydrogen-bond donors (Lipinski definition) is 0. The molecule has 0 aromatic heterocycles. The van der Waals surface area contributed by atoms with Crippen molar-refractivity contribution >= 4 is 0 Å². The van der Waals surface area contributed by atoms with E-state index in [2.05, 4.69) is 211 Å². The van der Waals surface area contributed by atoms with Gasteiger partial charge in [-0.15, -0.1) is 0 Å². The van der Waals surface area contributed by atoms with Crippen LogP contribution in [0.2, 0.25) is 0 Å². The van der Waals surface area contributed by atoms with Gasteiger partial charge in [0.15, 0.2) is 0 Å². The number of fused-ring (bicyclic) bond motifs is 12. The Bertz CT molecular complexity index is 2990. The zero-order valence-corrected chi connectivity index (χ0v) is 37.7. The molecule has 0 nitrogen and oxygen atoms in total. The summed E-state index contributed by atoms with van der Waals surface area (Å²) in [5.41, 5.74) is 27.4. The Kier molecular flexibility index (Phi) is 8.32. The van der Waals surface area contributed by atoms with Crippen molar-refractivity contribution in [3.05, 3.63) is 237 Å². The summed E-state index contributed by atoms with van der Waals surface area (Å²) in [6, 6.07) is 67.3. The van der Waals surface area contributed by atoms with Gasteiger partial charge in [-0.05, 0) is 149 Å². The number of benzene rings is 8. The molecule has 12 rings (SSSR count). The van der Waals surface area contributed by atoms with E-state index in [9.17, 15) is 0 Å². The first-order chi connectivity index (χ1) is 30.7. The fourth-order valence-corrected chi connectivity index (χ4v) is 14.1. The molecule has 8 aromatic rings. The van der Waals surface area contributed by atoms with E-state index in [1.54, 1.807) is 0 Å². The minimum atomic E-state index is -0.355. The standard InChI is InChI=1S/C63H56/c1-7-60(52-21-13-9-17-44(52)45-18-10-14-22-53(45)60)37-63(58-35-42(5)27-31-50(58)51-32-28-43(6)36-59(51)63)39-62(54-23-15-11-19-46(54)47-20-12-16-24-55(47)62)38-61(8-2)56-33-40(3)25-29-48(56)49-30-26-41(4)34-57(49)61/h9-36H,7-8,37-39H2,1-6H3. The van der Waals surface area contributed by atoms with Crippen LogP contribution in [0.5, 0.6) is 0 Å². The number of hydrogen-bond acceptors (Lipinski definition) is 0. The molecule has 0 fully saturated rings. The normalized spacial score (nSPS) is 16.6. The van der Waals surface area contributed by atoms with Gasteiger partial charge in [-0.3, -0.25) is 0 Å². The van der Waals surface area contributed by atoms with Crippen LogP contribution in [0.1, 0.15) is 113 Å². The molecule has 4 aliphatic rings. The molecule has 0 amide bonds. The van der Waals surface area contributed by atoms with E-state index >= 15 is 0 Å². The Morgan fingerprint density at radius 1 is 0.254 bits per heavy atom.